The van der Waals surface area contributed by atoms with Gasteiger partial charge in [0.25, 0.3) is 0 Å². The maximum Gasteiger partial charge on any atom is 0.233 e. The minimum absolute atomic E-state index is 0.0233. The first kappa shape index (κ1) is 21.3. The number of amides is 2. The highest BCUT2D eigenvalue weighted by Crippen LogP contribution is 2.52. The summed E-state index contributed by atoms with van der Waals surface area (Å²) in [6, 6.07) is 3.78. The van der Waals surface area contributed by atoms with Crippen LogP contribution >= 0.6 is 0 Å². The Morgan fingerprint density at radius 2 is 1.94 bits per heavy atom. The van der Waals surface area contributed by atoms with Crippen LogP contribution in [0.3, 0.4) is 0 Å². The van der Waals surface area contributed by atoms with E-state index in [1.165, 1.54) is 4.90 Å². The number of hydrogen-bond acceptors (Lipinski definition) is 6. The lowest BCUT2D eigenvalue weighted by molar-refractivity contribution is -0.140. The van der Waals surface area contributed by atoms with Crippen LogP contribution in [0.1, 0.15) is 12.0 Å². The molecule has 4 rings (SSSR count). The fraction of sp³-hybridized carbons (Fsp3) is 0.545. The predicted octanol–water partition coefficient (Wildman–Crippen LogP) is 0.579. The Morgan fingerprint density at radius 3 is 2.61 bits per heavy atom. The largest absolute Gasteiger partial charge is 0.475 e. The first-order valence-electron chi connectivity index (χ1n) is 10.7. The van der Waals surface area contributed by atoms with Gasteiger partial charge in [0, 0.05) is 45.6 Å². The monoisotopic (exact) mass is 427 g/mol. The van der Waals surface area contributed by atoms with Gasteiger partial charge in [0.2, 0.25) is 17.7 Å². The molecule has 2 N–H and O–H groups in total. The van der Waals surface area contributed by atoms with Crippen LogP contribution in [-0.2, 0) is 20.9 Å². The van der Waals surface area contributed by atoms with Crippen molar-refractivity contribution in [2.24, 2.45) is 28.7 Å². The molecule has 1 aromatic heterocycles. The number of hydrogen-bond donors (Lipinski definition) is 2. The number of aromatic nitrogens is 1. The molecule has 1 saturated carbocycles. The molecule has 9 heteroatoms. The fourth-order valence-electron chi connectivity index (χ4n) is 4.78. The molecule has 2 fully saturated rings. The molecule has 31 heavy (non-hydrogen) atoms. The van der Waals surface area contributed by atoms with E-state index >= 15 is 0 Å². The van der Waals surface area contributed by atoms with Gasteiger partial charge in [0.1, 0.15) is 6.61 Å². The molecule has 2 heterocycles. The first-order valence-corrected chi connectivity index (χ1v) is 10.7. The number of guanidine groups is 1. The lowest BCUT2D eigenvalue weighted by atomic mass is 9.85. The van der Waals surface area contributed by atoms with Crippen LogP contribution in [0, 0.1) is 23.7 Å². The number of carbonyl (C=O) groups is 2. The van der Waals surface area contributed by atoms with Crippen molar-refractivity contribution < 1.29 is 19.1 Å². The number of fused-ring (bicyclic) bond motifs is 5. The van der Waals surface area contributed by atoms with Gasteiger partial charge >= 0.3 is 0 Å². The minimum atomic E-state index is -0.151. The first-order chi connectivity index (χ1) is 15.1. The molecule has 9 nitrogen and oxygen atoms in total. The van der Waals surface area contributed by atoms with Crippen molar-refractivity contribution in [1.29, 1.82) is 0 Å². The van der Waals surface area contributed by atoms with Crippen LogP contribution in [-0.4, -0.2) is 68.1 Å². The molecule has 1 aromatic rings. The second-order valence-electron chi connectivity index (χ2n) is 7.99. The summed E-state index contributed by atoms with van der Waals surface area (Å²) in [5.74, 6) is 1.24. The molecule has 3 aliphatic rings. The molecule has 1 aliphatic heterocycles. The molecule has 0 radical (unpaired) electrons. The second-order valence-corrected chi connectivity index (χ2v) is 7.99. The van der Waals surface area contributed by atoms with Crippen LogP contribution < -0.4 is 15.4 Å². The van der Waals surface area contributed by atoms with Gasteiger partial charge in [-0.3, -0.25) is 19.5 Å². The summed E-state index contributed by atoms with van der Waals surface area (Å²) in [5.41, 5.74) is 0.891. The van der Waals surface area contributed by atoms with Gasteiger partial charge < -0.3 is 20.1 Å². The molecule has 1 saturated heterocycles. The third-order valence-electron chi connectivity index (χ3n) is 6.24. The summed E-state index contributed by atoms with van der Waals surface area (Å²) in [4.78, 5) is 35.4. The molecule has 166 valence electrons. The van der Waals surface area contributed by atoms with E-state index < -0.39 is 0 Å². The quantitative estimate of drug-likeness (QED) is 0.195. The van der Waals surface area contributed by atoms with E-state index in [4.69, 9.17) is 9.47 Å². The molecule has 0 spiro atoms. The molecular weight excluding hydrogens is 398 g/mol. The summed E-state index contributed by atoms with van der Waals surface area (Å²) in [6.45, 7) is 2.15. The van der Waals surface area contributed by atoms with Crippen LogP contribution in [0.4, 0.5) is 0 Å². The number of likely N-dealkylation sites (tertiary alicyclic amines) is 1. The third kappa shape index (κ3) is 4.27. The highest BCUT2D eigenvalue weighted by atomic mass is 16.5. The number of aliphatic imine (C=N–C) groups is 1. The number of rotatable bonds is 9. The number of methoxy groups -OCH3 is 1. The van der Waals surface area contributed by atoms with E-state index in [-0.39, 0.29) is 35.5 Å². The van der Waals surface area contributed by atoms with Crippen LogP contribution in [0.25, 0.3) is 0 Å². The Kier molecular flexibility index (Phi) is 6.50. The van der Waals surface area contributed by atoms with Gasteiger partial charge in [-0.05, 0) is 24.3 Å². The molecule has 2 bridgehead atoms. The van der Waals surface area contributed by atoms with Gasteiger partial charge in [-0.2, -0.15) is 0 Å². The number of carbonyl (C=O) groups excluding carboxylic acids is 2. The van der Waals surface area contributed by atoms with E-state index in [0.29, 0.717) is 44.7 Å². The Labute approximate surface area is 181 Å². The van der Waals surface area contributed by atoms with Crippen LogP contribution in [0.2, 0.25) is 0 Å². The molecule has 4 unspecified atom stereocenters. The molecule has 2 aliphatic carbocycles. The number of imide groups is 1. The van der Waals surface area contributed by atoms with E-state index in [1.54, 1.807) is 20.4 Å². The van der Waals surface area contributed by atoms with E-state index in [0.717, 1.165) is 12.0 Å². The lowest BCUT2D eigenvalue weighted by Crippen LogP contribution is -2.43. The van der Waals surface area contributed by atoms with Gasteiger partial charge in [-0.15, -0.1) is 0 Å². The standard InChI is InChI=1S/C22H29N5O4/c1-23-22(26-13-16-4-3-7-24-19(16)31-11-10-30-2)25-8-9-27-20(28)17-14-5-6-15(12-14)18(17)21(27)29/h3-7,14-15,17-18H,8-13H2,1-2H3,(H2,23,25,26). The predicted molar refractivity (Wildman–Crippen MR) is 114 cm³/mol. The van der Waals surface area contributed by atoms with Gasteiger partial charge in [0.05, 0.1) is 18.4 Å². The Balaban J connectivity index is 1.26. The lowest BCUT2D eigenvalue weighted by Gasteiger charge is -2.19. The van der Waals surface area contributed by atoms with E-state index in [1.807, 2.05) is 12.1 Å². The van der Waals surface area contributed by atoms with Crippen molar-refractivity contribution in [1.82, 2.24) is 20.5 Å². The molecule has 2 amide bonds. The average molecular weight is 428 g/mol. The van der Waals surface area contributed by atoms with Crippen molar-refractivity contribution in [3.8, 4) is 5.88 Å². The number of pyridine rings is 1. The number of nitrogens with zero attached hydrogens (tertiary/aromatic N) is 3. The molecule has 4 atom stereocenters. The maximum absolute atomic E-state index is 12.8. The topological polar surface area (TPSA) is 105 Å². The number of allylic oxidation sites excluding steroid dienone is 2. The summed E-state index contributed by atoms with van der Waals surface area (Å²) >= 11 is 0. The normalized spacial score (nSPS) is 26.5. The maximum atomic E-state index is 12.8. The zero-order valence-corrected chi connectivity index (χ0v) is 17.9. The Morgan fingerprint density at radius 1 is 1.19 bits per heavy atom. The van der Waals surface area contributed by atoms with E-state index in [9.17, 15) is 9.59 Å². The fourth-order valence-corrected chi connectivity index (χ4v) is 4.78. The number of ether oxygens (including phenoxy) is 2. The Bertz CT molecular complexity index is 856. The molecular formula is C22H29N5O4. The summed E-state index contributed by atoms with van der Waals surface area (Å²) in [5, 5.41) is 6.40. The van der Waals surface area contributed by atoms with Crippen LogP contribution in [0.5, 0.6) is 5.88 Å². The van der Waals surface area contributed by atoms with Crippen molar-refractivity contribution in [3.05, 3.63) is 36.0 Å². The molecule has 0 aromatic carbocycles. The van der Waals surface area contributed by atoms with Crippen LogP contribution in [0.15, 0.2) is 35.5 Å². The smallest absolute Gasteiger partial charge is 0.233 e. The number of nitrogens with one attached hydrogen (secondary N) is 2. The van der Waals surface area contributed by atoms with Gasteiger partial charge in [0.15, 0.2) is 5.96 Å². The highest BCUT2D eigenvalue weighted by Gasteiger charge is 2.58. The second kappa shape index (κ2) is 9.47. The van der Waals surface area contributed by atoms with Crippen molar-refractivity contribution >= 4 is 17.8 Å². The Hall–Kier alpha value is -2.94. The van der Waals surface area contributed by atoms with E-state index in [2.05, 4.69) is 32.8 Å². The zero-order chi connectivity index (χ0) is 21.8. The average Bonchev–Trinajstić information content (AvgIpc) is 3.46. The van der Waals surface area contributed by atoms with Gasteiger partial charge in [-0.25, -0.2) is 4.98 Å². The summed E-state index contributed by atoms with van der Waals surface area (Å²) in [6.07, 6.45) is 6.84. The highest BCUT2D eigenvalue weighted by molar-refractivity contribution is 6.06. The zero-order valence-electron chi connectivity index (χ0n) is 17.9. The summed E-state index contributed by atoms with van der Waals surface area (Å²) < 4.78 is 10.7. The van der Waals surface area contributed by atoms with Crippen molar-refractivity contribution in [2.45, 2.75) is 13.0 Å². The minimum Gasteiger partial charge on any atom is -0.475 e. The third-order valence-corrected chi connectivity index (χ3v) is 6.24. The van der Waals surface area contributed by atoms with Gasteiger partial charge in [-0.1, -0.05) is 18.2 Å². The van der Waals surface area contributed by atoms with Crippen molar-refractivity contribution in [2.75, 3.05) is 40.5 Å². The summed E-state index contributed by atoms with van der Waals surface area (Å²) in [7, 11) is 3.30. The van der Waals surface area contributed by atoms with Crippen molar-refractivity contribution in [3.63, 3.8) is 0 Å². The SMILES string of the molecule is CN=C(NCCN1C(=O)C2C3C=CC(C3)C2C1=O)NCc1cccnc1OCCOC.